The number of amides is 2. The molecule has 130 valence electrons. The molecule has 1 fully saturated rings. The summed E-state index contributed by atoms with van der Waals surface area (Å²) < 4.78 is 0. The summed E-state index contributed by atoms with van der Waals surface area (Å²) in [5.74, 6) is -0.419. The van der Waals surface area contributed by atoms with Crippen LogP contribution >= 0.6 is 0 Å². The van der Waals surface area contributed by atoms with Gasteiger partial charge in [-0.3, -0.25) is 19.6 Å². The maximum atomic E-state index is 12.7. The maximum absolute atomic E-state index is 12.7. The first kappa shape index (κ1) is 17.0. The molecule has 2 heterocycles. The van der Waals surface area contributed by atoms with Crippen molar-refractivity contribution in [1.82, 2.24) is 14.9 Å². The Morgan fingerprint density at radius 2 is 2.16 bits per heavy atom. The van der Waals surface area contributed by atoms with Crippen molar-refractivity contribution in [2.24, 2.45) is 5.92 Å². The van der Waals surface area contributed by atoms with Crippen LogP contribution < -0.4 is 5.32 Å². The van der Waals surface area contributed by atoms with Gasteiger partial charge in [0.25, 0.3) is 5.91 Å². The standard InChI is InChI=1S/C18H20N4O3/c1-12(23)21-15-4-2-3-13(7-15)18(25)22-10-14(17(24)11-22)8-16-9-19-5-6-20-16/h2-7,9,14,17,24H,8,10-11H2,1H3,(H,21,23)/t14-,17-/m1/s1. The van der Waals surface area contributed by atoms with Crippen molar-refractivity contribution in [3.63, 3.8) is 0 Å². The summed E-state index contributed by atoms with van der Waals surface area (Å²) in [7, 11) is 0. The zero-order valence-electron chi connectivity index (χ0n) is 13.9. The molecule has 25 heavy (non-hydrogen) atoms. The average molecular weight is 340 g/mol. The van der Waals surface area contributed by atoms with Gasteiger partial charge in [-0.25, -0.2) is 0 Å². The number of aliphatic hydroxyl groups excluding tert-OH is 1. The molecule has 2 N–H and O–H groups in total. The Morgan fingerprint density at radius 3 is 2.88 bits per heavy atom. The van der Waals surface area contributed by atoms with Crippen LogP contribution in [0.2, 0.25) is 0 Å². The first-order valence-corrected chi connectivity index (χ1v) is 8.13. The van der Waals surface area contributed by atoms with Crippen molar-refractivity contribution in [1.29, 1.82) is 0 Å². The summed E-state index contributed by atoms with van der Waals surface area (Å²) in [5, 5.41) is 13.0. The predicted octanol–water partition coefficient (Wildman–Crippen LogP) is 1.11. The van der Waals surface area contributed by atoms with Crippen molar-refractivity contribution in [2.45, 2.75) is 19.4 Å². The number of likely N-dealkylation sites (tertiary alicyclic amines) is 1. The number of hydrogen-bond acceptors (Lipinski definition) is 5. The summed E-state index contributed by atoms with van der Waals surface area (Å²) in [4.78, 5) is 33.8. The van der Waals surface area contributed by atoms with Crippen molar-refractivity contribution in [3.8, 4) is 0 Å². The van der Waals surface area contributed by atoms with E-state index in [2.05, 4.69) is 15.3 Å². The number of carbonyl (C=O) groups is 2. The number of carbonyl (C=O) groups excluding carboxylic acids is 2. The molecule has 3 rings (SSSR count). The maximum Gasteiger partial charge on any atom is 0.254 e. The number of hydrogen-bond donors (Lipinski definition) is 2. The predicted molar refractivity (Wildman–Crippen MR) is 91.9 cm³/mol. The number of rotatable bonds is 4. The molecule has 0 radical (unpaired) electrons. The Kier molecular flexibility index (Phi) is 5.04. The second kappa shape index (κ2) is 7.40. The number of benzene rings is 1. The molecular formula is C18H20N4O3. The van der Waals surface area contributed by atoms with E-state index in [-0.39, 0.29) is 24.3 Å². The van der Waals surface area contributed by atoms with E-state index in [9.17, 15) is 14.7 Å². The molecule has 1 aromatic carbocycles. The number of aliphatic hydroxyl groups is 1. The molecule has 1 aliphatic rings. The minimum absolute atomic E-state index is 0.0702. The lowest BCUT2D eigenvalue weighted by molar-refractivity contribution is -0.114. The van der Waals surface area contributed by atoms with E-state index in [0.717, 1.165) is 5.69 Å². The molecule has 1 aromatic heterocycles. The Labute approximate surface area is 145 Å². The molecular weight excluding hydrogens is 320 g/mol. The molecule has 2 aromatic rings. The van der Waals surface area contributed by atoms with Gasteiger partial charge in [0.1, 0.15) is 0 Å². The number of nitrogens with zero attached hydrogens (tertiary/aromatic N) is 3. The monoisotopic (exact) mass is 340 g/mol. The molecule has 0 unspecified atom stereocenters. The van der Waals surface area contributed by atoms with Crippen LogP contribution in [-0.2, 0) is 11.2 Å². The van der Waals surface area contributed by atoms with Gasteiger partial charge in [0, 0.05) is 55.8 Å². The first-order chi connectivity index (χ1) is 12.0. The van der Waals surface area contributed by atoms with Gasteiger partial charge in [-0.15, -0.1) is 0 Å². The van der Waals surface area contributed by atoms with E-state index in [1.54, 1.807) is 47.8 Å². The first-order valence-electron chi connectivity index (χ1n) is 8.13. The lowest BCUT2D eigenvalue weighted by Gasteiger charge is -2.16. The lowest BCUT2D eigenvalue weighted by atomic mass is 10.0. The van der Waals surface area contributed by atoms with E-state index in [1.807, 2.05) is 0 Å². The minimum atomic E-state index is -0.593. The highest BCUT2D eigenvalue weighted by Gasteiger charge is 2.34. The normalized spacial score (nSPS) is 19.7. The van der Waals surface area contributed by atoms with Gasteiger partial charge >= 0.3 is 0 Å². The van der Waals surface area contributed by atoms with E-state index in [1.165, 1.54) is 6.92 Å². The summed E-state index contributed by atoms with van der Waals surface area (Å²) in [6.07, 6.45) is 4.88. The third-order valence-corrected chi connectivity index (χ3v) is 4.21. The van der Waals surface area contributed by atoms with Crippen LogP contribution in [0.1, 0.15) is 23.0 Å². The van der Waals surface area contributed by atoms with Gasteiger partial charge in [0.15, 0.2) is 0 Å². The Hall–Kier alpha value is -2.80. The summed E-state index contributed by atoms with van der Waals surface area (Å²) in [6, 6.07) is 6.80. The number of aromatic nitrogens is 2. The molecule has 1 saturated heterocycles. The van der Waals surface area contributed by atoms with Crippen molar-refractivity contribution >= 4 is 17.5 Å². The van der Waals surface area contributed by atoms with Crippen LogP contribution in [0.3, 0.4) is 0 Å². The van der Waals surface area contributed by atoms with Crippen LogP contribution in [0.15, 0.2) is 42.9 Å². The fourth-order valence-corrected chi connectivity index (χ4v) is 3.04. The van der Waals surface area contributed by atoms with Crippen LogP contribution in [0.5, 0.6) is 0 Å². The quantitative estimate of drug-likeness (QED) is 0.869. The van der Waals surface area contributed by atoms with E-state index in [4.69, 9.17) is 0 Å². The highest BCUT2D eigenvalue weighted by atomic mass is 16.3. The fraction of sp³-hybridized carbons (Fsp3) is 0.333. The largest absolute Gasteiger partial charge is 0.391 e. The smallest absolute Gasteiger partial charge is 0.254 e. The molecule has 0 bridgehead atoms. The van der Waals surface area contributed by atoms with Crippen LogP contribution in [0, 0.1) is 5.92 Å². The van der Waals surface area contributed by atoms with Gasteiger partial charge in [-0.1, -0.05) is 6.07 Å². The van der Waals surface area contributed by atoms with Crippen molar-refractivity contribution < 1.29 is 14.7 Å². The molecule has 0 saturated carbocycles. The fourth-order valence-electron chi connectivity index (χ4n) is 3.04. The highest BCUT2D eigenvalue weighted by molar-refractivity contribution is 5.97. The van der Waals surface area contributed by atoms with E-state index < -0.39 is 6.10 Å². The Morgan fingerprint density at radius 1 is 1.32 bits per heavy atom. The van der Waals surface area contributed by atoms with Gasteiger partial charge in [-0.05, 0) is 24.6 Å². The second-order valence-corrected chi connectivity index (χ2v) is 6.20. The van der Waals surface area contributed by atoms with Crippen molar-refractivity contribution in [2.75, 3.05) is 18.4 Å². The zero-order valence-corrected chi connectivity index (χ0v) is 13.9. The molecule has 7 heteroatoms. The number of nitrogens with one attached hydrogen (secondary N) is 1. The summed E-state index contributed by atoms with van der Waals surface area (Å²) in [6.45, 7) is 2.16. The molecule has 1 aliphatic heterocycles. The van der Waals surface area contributed by atoms with Gasteiger partial charge in [0.2, 0.25) is 5.91 Å². The highest BCUT2D eigenvalue weighted by Crippen LogP contribution is 2.23. The molecule has 0 aliphatic carbocycles. The van der Waals surface area contributed by atoms with Crippen LogP contribution in [0.25, 0.3) is 0 Å². The molecule has 2 amide bonds. The molecule has 7 nitrogen and oxygen atoms in total. The number of anilines is 1. The second-order valence-electron chi connectivity index (χ2n) is 6.20. The number of β-amino-alcohol motifs (C(OH)–C–C–N with tert-alkyl or cyclic N) is 1. The Bertz CT molecular complexity index is 766. The summed E-state index contributed by atoms with van der Waals surface area (Å²) >= 11 is 0. The lowest BCUT2D eigenvalue weighted by Crippen LogP contribution is -2.29. The molecule has 2 atom stereocenters. The van der Waals surface area contributed by atoms with Gasteiger partial charge in [0.05, 0.1) is 11.8 Å². The van der Waals surface area contributed by atoms with Gasteiger partial charge in [-0.2, -0.15) is 0 Å². The molecule has 0 spiro atoms. The SMILES string of the molecule is CC(=O)Nc1cccc(C(=O)N2C[C@@H](Cc3cnccn3)[C@H](O)C2)c1. The topological polar surface area (TPSA) is 95.4 Å². The third-order valence-electron chi connectivity index (χ3n) is 4.21. The van der Waals surface area contributed by atoms with Crippen molar-refractivity contribution in [3.05, 3.63) is 54.1 Å². The average Bonchev–Trinajstić information content (AvgIpc) is 2.95. The minimum Gasteiger partial charge on any atom is -0.391 e. The van der Waals surface area contributed by atoms with E-state index >= 15 is 0 Å². The Balaban J connectivity index is 1.68. The van der Waals surface area contributed by atoms with Crippen LogP contribution in [-0.4, -0.2) is 51.0 Å². The van der Waals surface area contributed by atoms with E-state index in [0.29, 0.717) is 24.2 Å². The van der Waals surface area contributed by atoms with Crippen LogP contribution in [0.4, 0.5) is 5.69 Å². The zero-order chi connectivity index (χ0) is 17.8. The third kappa shape index (κ3) is 4.19. The van der Waals surface area contributed by atoms with Gasteiger partial charge < -0.3 is 15.3 Å². The summed E-state index contributed by atoms with van der Waals surface area (Å²) in [5.41, 5.74) is 1.86.